The molecular formula is C22H33N3O2. The molecule has 1 fully saturated rings. The van der Waals surface area contributed by atoms with Crippen molar-refractivity contribution >= 4 is 17.6 Å². The molecule has 1 unspecified atom stereocenters. The summed E-state index contributed by atoms with van der Waals surface area (Å²) in [7, 11) is 3.37. The lowest BCUT2D eigenvalue weighted by molar-refractivity contribution is -0.127. The summed E-state index contributed by atoms with van der Waals surface area (Å²) >= 11 is 0. The van der Waals surface area contributed by atoms with Crippen LogP contribution < -0.4 is 5.32 Å². The van der Waals surface area contributed by atoms with Crippen LogP contribution in [0.3, 0.4) is 0 Å². The average Bonchev–Trinajstić information content (AvgIpc) is 2.97. The van der Waals surface area contributed by atoms with E-state index in [0.29, 0.717) is 12.4 Å². The van der Waals surface area contributed by atoms with Crippen molar-refractivity contribution in [3.63, 3.8) is 0 Å². The van der Waals surface area contributed by atoms with Gasteiger partial charge >= 0.3 is 0 Å². The quantitative estimate of drug-likeness (QED) is 0.420. The topological polar surface area (TPSA) is 61.8 Å². The van der Waals surface area contributed by atoms with Gasteiger partial charge in [0.2, 0.25) is 11.8 Å². The molecule has 1 aliphatic rings. The summed E-state index contributed by atoms with van der Waals surface area (Å²) in [6.07, 6.45) is 12.5. The van der Waals surface area contributed by atoms with Crippen molar-refractivity contribution in [2.75, 3.05) is 20.6 Å². The molecule has 1 N–H and O–H groups in total. The second-order valence-electron chi connectivity index (χ2n) is 6.99. The highest BCUT2D eigenvalue weighted by Crippen LogP contribution is 2.18. The molecule has 0 spiro atoms. The predicted octanol–water partition coefficient (Wildman–Crippen LogP) is 3.80. The highest BCUT2D eigenvalue weighted by atomic mass is 16.2. The number of amides is 2. The molecule has 2 amide bonds. The van der Waals surface area contributed by atoms with Gasteiger partial charge in [0.15, 0.2) is 0 Å². The van der Waals surface area contributed by atoms with E-state index in [1.165, 1.54) is 5.57 Å². The van der Waals surface area contributed by atoms with E-state index in [9.17, 15) is 9.59 Å². The van der Waals surface area contributed by atoms with Crippen molar-refractivity contribution in [3.8, 4) is 0 Å². The van der Waals surface area contributed by atoms with Gasteiger partial charge in [-0.25, -0.2) is 0 Å². The molecule has 0 saturated carbocycles. The van der Waals surface area contributed by atoms with Crippen LogP contribution in [0.1, 0.15) is 47.0 Å². The van der Waals surface area contributed by atoms with E-state index < -0.39 is 0 Å². The maximum Gasteiger partial charge on any atom is 0.230 e. The fourth-order valence-electron chi connectivity index (χ4n) is 2.94. The van der Waals surface area contributed by atoms with Gasteiger partial charge in [-0.15, -0.1) is 0 Å². The average molecular weight is 372 g/mol. The van der Waals surface area contributed by atoms with Gasteiger partial charge in [0.25, 0.3) is 0 Å². The predicted molar refractivity (Wildman–Crippen MR) is 113 cm³/mol. The van der Waals surface area contributed by atoms with Gasteiger partial charge in [0.05, 0.1) is 5.92 Å². The van der Waals surface area contributed by atoms with Crippen LogP contribution in [0.25, 0.3) is 0 Å². The zero-order chi connectivity index (χ0) is 20.4. The highest BCUT2D eigenvalue weighted by molar-refractivity contribution is 6.06. The van der Waals surface area contributed by atoms with E-state index >= 15 is 0 Å². The number of allylic oxidation sites excluding steroid dienone is 7. The summed E-state index contributed by atoms with van der Waals surface area (Å²) in [5, 5.41) is 2.86. The molecule has 0 aromatic rings. The number of nitrogens with zero attached hydrogens (tertiary/aromatic N) is 2. The number of nitrogens with one attached hydrogen (secondary N) is 1. The summed E-state index contributed by atoms with van der Waals surface area (Å²) in [5.41, 5.74) is 3.42. The zero-order valence-electron chi connectivity index (χ0n) is 17.5. The van der Waals surface area contributed by atoms with Crippen LogP contribution in [0, 0.1) is 5.92 Å². The molecule has 0 aliphatic carbocycles. The van der Waals surface area contributed by atoms with Gasteiger partial charge in [0.1, 0.15) is 5.84 Å². The third-order valence-electron chi connectivity index (χ3n) is 4.53. The van der Waals surface area contributed by atoms with Gasteiger partial charge in [-0.1, -0.05) is 43.2 Å². The van der Waals surface area contributed by atoms with Crippen LogP contribution in [0.2, 0.25) is 0 Å². The molecule has 0 radical (unpaired) electrons. The molecule has 1 saturated heterocycles. The molecule has 1 heterocycles. The Kier molecular flexibility index (Phi) is 9.48. The second-order valence-corrected chi connectivity index (χ2v) is 6.99. The van der Waals surface area contributed by atoms with Gasteiger partial charge in [-0.2, -0.15) is 0 Å². The molecule has 27 heavy (non-hydrogen) atoms. The maximum absolute atomic E-state index is 12.5. The number of rotatable bonds is 7. The molecule has 0 aromatic carbocycles. The van der Waals surface area contributed by atoms with E-state index in [-0.39, 0.29) is 24.2 Å². The minimum absolute atomic E-state index is 0.00460. The third-order valence-corrected chi connectivity index (χ3v) is 4.53. The maximum atomic E-state index is 12.5. The molecule has 5 heteroatoms. The van der Waals surface area contributed by atoms with Crippen LogP contribution in [0.15, 0.2) is 52.1 Å². The highest BCUT2D eigenvalue weighted by Gasteiger charge is 2.32. The Morgan fingerprint density at radius 2 is 2.04 bits per heavy atom. The molecule has 1 rings (SSSR count). The van der Waals surface area contributed by atoms with Gasteiger partial charge in [0, 0.05) is 27.1 Å². The normalized spacial score (nSPS) is 20.0. The Morgan fingerprint density at radius 3 is 2.56 bits per heavy atom. The van der Waals surface area contributed by atoms with Crippen molar-refractivity contribution in [1.29, 1.82) is 0 Å². The Labute approximate surface area is 163 Å². The van der Waals surface area contributed by atoms with E-state index in [2.05, 4.69) is 36.3 Å². The SMILES string of the molecule is C\C=C/C=C(\C=C(/C)CCC)C(/C)=C/C(=NC)NC(=O)C1CC(=O)N(C)C1. The first-order valence-corrected chi connectivity index (χ1v) is 9.52. The molecule has 5 nitrogen and oxygen atoms in total. The largest absolute Gasteiger partial charge is 0.345 e. The van der Waals surface area contributed by atoms with Crippen molar-refractivity contribution < 1.29 is 9.59 Å². The lowest BCUT2D eigenvalue weighted by Crippen LogP contribution is -2.36. The number of amidine groups is 1. The Hall–Kier alpha value is -2.43. The van der Waals surface area contributed by atoms with Crippen LogP contribution in [-0.4, -0.2) is 43.2 Å². The van der Waals surface area contributed by atoms with E-state index in [4.69, 9.17) is 0 Å². The first-order valence-electron chi connectivity index (χ1n) is 9.52. The lowest BCUT2D eigenvalue weighted by Gasteiger charge is -2.12. The summed E-state index contributed by atoms with van der Waals surface area (Å²) in [4.78, 5) is 29.9. The Balaban J connectivity index is 2.95. The monoisotopic (exact) mass is 371 g/mol. The van der Waals surface area contributed by atoms with Crippen LogP contribution in [0.5, 0.6) is 0 Å². The molecule has 0 bridgehead atoms. The number of hydrogen-bond acceptors (Lipinski definition) is 3. The van der Waals surface area contributed by atoms with E-state index in [0.717, 1.165) is 24.0 Å². The van der Waals surface area contributed by atoms with Crippen LogP contribution in [-0.2, 0) is 9.59 Å². The summed E-state index contributed by atoms with van der Waals surface area (Å²) < 4.78 is 0. The number of likely N-dealkylation sites (tertiary alicyclic amines) is 1. The molecule has 1 aliphatic heterocycles. The van der Waals surface area contributed by atoms with Crippen LogP contribution in [0.4, 0.5) is 0 Å². The Bertz CT molecular complexity index is 696. The third kappa shape index (κ3) is 7.37. The number of aliphatic imine (C=N–C) groups is 1. The second kappa shape index (κ2) is 11.3. The van der Waals surface area contributed by atoms with Crippen molar-refractivity contribution in [3.05, 3.63) is 47.1 Å². The number of carbonyl (C=O) groups is 2. The fourth-order valence-corrected chi connectivity index (χ4v) is 2.94. The summed E-state index contributed by atoms with van der Waals surface area (Å²) in [6, 6.07) is 0. The Morgan fingerprint density at radius 1 is 1.33 bits per heavy atom. The lowest BCUT2D eigenvalue weighted by atomic mass is 10.0. The molecular weight excluding hydrogens is 338 g/mol. The van der Waals surface area contributed by atoms with Gasteiger partial charge < -0.3 is 10.2 Å². The molecule has 148 valence electrons. The fraction of sp³-hybridized carbons (Fsp3) is 0.500. The van der Waals surface area contributed by atoms with E-state index in [1.807, 2.05) is 32.1 Å². The van der Waals surface area contributed by atoms with Gasteiger partial charge in [-0.05, 0) is 44.4 Å². The van der Waals surface area contributed by atoms with Crippen LogP contribution >= 0.6 is 0 Å². The first-order chi connectivity index (χ1) is 12.8. The van der Waals surface area contributed by atoms with Gasteiger partial charge in [-0.3, -0.25) is 14.6 Å². The van der Waals surface area contributed by atoms with Crippen molar-refractivity contribution in [2.45, 2.75) is 47.0 Å². The minimum Gasteiger partial charge on any atom is -0.345 e. The number of carbonyl (C=O) groups excluding carboxylic acids is 2. The minimum atomic E-state index is -0.322. The summed E-state index contributed by atoms with van der Waals surface area (Å²) in [5.74, 6) is 0.0316. The smallest absolute Gasteiger partial charge is 0.230 e. The zero-order valence-corrected chi connectivity index (χ0v) is 17.5. The molecule has 1 atom stereocenters. The van der Waals surface area contributed by atoms with E-state index in [1.54, 1.807) is 19.0 Å². The van der Waals surface area contributed by atoms with Crippen molar-refractivity contribution in [2.24, 2.45) is 10.9 Å². The molecule has 0 aromatic heterocycles. The van der Waals surface area contributed by atoms with Crippen molar-refractivity contribution in [1.82, 2.24) is 10.2 Å². The first kappa shape index (κ1) is 22.6. The summed E-state index contributed by atoms with van der Waals surface area (Å²) in [6.45, 7) is 8.74. The number of hydrogen-bond donors (Lipinski definition) is 1. The standard InChI is InChI=1S/C22H33N3O2/c1-7-9-11-18(12-16(3)10-8-2)17(4)13-20(23-5)24-22(27)19-14-21(26)25(6)15-19/h7,9,11-13,19H,8,10,14-15H2,1-6H3,(H,23,24,27)/b9-7-,16-12+,17-13+,18-11+.